The number of Topliss-reactive ketones (excluding diaryl/α,β-unsaturated/α-hetero) is 1. The number of hydrogen-bond donors (Lipinski definition) is 1. The van der Waals surface area contributed by atoms with E-state index in [0.717, 1.165) is 37.0 Å². The number of para-hydroxylation sites is 1. The number of nitrogens with zero attached hydrogens (tertiary/aromatic N) is 1. The van der Waals surface area contributed by atoms with E-state index in [2.05, 4.69) is 16.9 Å². The number of nitrogens with one attached hydrogen (secondary N) is 1. The molecular weight excluding hydrogens is 484 g/mol. The van der Waals surface area contributed by atoms with Crippen LogP contribution in [0.4, 0.5) is 5.69 Å². The minimum atomic E-state index is -4.36. The Morgan fingerprint density at radius 1 is 1.11 bits per heavy atom. The molecule has 0 spiro atoms. The van der Waals surface area contributed by atoms with Crippen LogP contribution in [0.15, 0.2) is 47.4 Å². The lowest BCUT2D eigenvalue weighted by atomic mass is 9.91. The summed E-state index contributed by atoms with van der Waals surface area (Å²) in [4.78, 5) is 36.0. The number of nitro benzene ring substituents is 1. The first-order valence-electron chi connectivity index (χ1n) is 11.9. The fourth-order valence-corrected chi connectivity index (χ4v) is 5.68. The summed E-state index contributed by atoms with van der Waals surface area (Å²) in [5.74, 6) is -1.87. The molecule has 0 bridgehead atoms. The van der Waals surface area contributed by atoms with Gasteiger partial charge in [-0.3, -0.25) is 19.7 Å². The first-order valence-corrected chi connectivity index (χ1v) is 13.4. The lowest BCUT2D eigenvalue weighted by Gasteiger charge is -2.25. The van der Waals surface area contributed by atoms with Crippen LogP contribution in [0.5, 0.6) is 0 Å². The van der Waals surface area contributed by atoms with Gasteiger partial charge in [-0.15, -0.1) is 0 Å². The average Bonchev–Trinajstić information content (AvgIpc) is 3.25. The zero-order valence-electron chi connectivity index (χ0n) is 20.9. The number of aryl methyl sites for hydroxylation is 2. The molecule has 0 aromatic heterocycles. The van der Waals surface area contributed by atoms with Crippen LogP contribution in [-0.4, -0.2) is 36.7 Å². The van der Waals surface area contributed by atoms with E-state index in [1.165, 1.54) is 30.2 Å². The van der Waals surface area contributed by atoms with Gasteiger partial charge in [-0.05, 0) is 76.1 Å². The van der Waals surface area contributed by atoms with Gasteiger partial charge in [0, 0.05) is 12.5 Å². The van der Waals surface area contributed by atoms with Crippen LogP contribution in [0.2, 0.25) is 0 Å². The van der Waals surface area contributed by atoms with Gasteiger partial charge in [0.05, 0.1) is 16.9 Å². The molecule has 1 aliphatic rings. The zero-order chi connectivity index (χ0) is 26.7. The predicted molar refractivity (Wildman–Crippen MR) is 134 cm³/mol. The molecule has 0 heterocycles. The van der Waals surface area contributed by atoms with Gasteiger partial charge in [-0.2, -0.15) is 0 Å². The van der Waals surface area contributed by atoms with Crippen LogP contribution in [-0.2, 0) is 43.6 Å². The van der Waals surface area contributed by atoms with Gasteiger partial charge in [-0.1, -0.05) is 30.3 Å². The van der Waals surface area contributed by atoms with Crippen molar-refractivity contribution in [2.45, 2.75) is 76.3 Å². The van der Waals surface area contributed by atoms with E-state index in [0.29, 0.717) is 0 Å². The van der Waals surface area contributed by atoms with E-state index in [1.807, 2.05) is 6.07 Å². The molecule has 2 aromatic carbocycles. The molecule has 1 aliphatic carbocycles. The number of ketones is 1. The number of esters is 1. The molecule has 0 amide bonds. The van der Waals surface area contributed by atoms with Crippen LogP contribution < -0.4 is 4.72 Å². The predicted octanol–water partition coefficient (Wildman–Crippen LogP) is 3.91. The summed E-state index contributed by atoms with van der Waals surface area (Å²) in [6.45, 7) is 6.57. The second kappa shape index (κ2) is 10.9. The molecule has 2 aromatic rings. The van der Waals surface area contributed by atoms with Crippen LogP contribution in [0.25, 0.3) is 0 Å². The van der Waals surface area contributed by atoms with Gasteiger partial charge in [-0.25, -0.2) is 13.1 Å². The fraction of sp³-hybridized carbons (Fsp3) is 0.462. The van der Waals surface area contributed by atoms with Crippen molar-refractivity contribution in [3.05, 3.63) is 69.3 Å². The second-order valence-electron chi connectivity index (χ2n) is 10.1. The number of carbonyl (C=O) groups excluding carboxylic acids is 2. The molecule has 0 aliphatic heterocycles. The molecule has 0 fully saturated rings. The summed E-state index contributed by atoms with van der Waals surface area (Å²) in [6.07, 6.45) is 3.12. The van der Waals surface area contributed by atoms with Crippen LogP contribution >= 0.6 is 0 Å². The van der Waals surface area contributed by atoms with E-state index >= 15 is 0 Å². The lowest BCUT2D eigenvalue weighted by Crippen LogP contribution is -2.40. The summed E-state index contributed by atoms with van der Waals surface area (Å²) in [7, 11) is -4.36. The van der Waals surface area contributed by atoms with Crippen molar-refractivity contribution in [3.63, 3.8) is 0 Å². The van der Waals surface area contributed by atoms with E-state index < -0.39 is 54.8 Å². The summed E-state index contributed by atoms with van der Waals surface area (Å²) < 4.78 is 33.4. The van der Waals surface area contributed by atoms with Crippen molar-refractivity contribution in [3.8, 4) is 0 Å². The van der Waals surface area contributed by atoms with E-state index in [-0.39, 0.29) is 12.8 Å². The highest BCUT2D eigenvalue weighted by molar-refractivity contribution is 7.89. The summed E-state index contributed by atoms with van der Waals surface area (Å²) >= 11 is 0. The smallest absolute Gasteiger partial charge is 0.310 e. The van der Waals surface area contributed by atoms with Gasteiger partial charge >= 0.3 is 5.97 Å². The number of ether oxygens (including phenoxy) is 1. The molecular formula is C26H32N2O7S. The Hall–Kier alpha value is -3.11. The Labute approximate surface area is 211 Å². The monoisotopic (exact) mass is 516 g/mol. The van der Waals surface area contributed by atoms with Crippen molar-refractivity contribution in [2.75, 3.05) is 0 Å². The number of sulfonamides is 1. The highest BCUT2D eigenvalue weighted by Gasteiger charge is 2.32. The Morgan fingerprint density at radius 2 is 1.78 bits per heavy atom. The van der Waals surface area contributed by atoms with Crippen molar-refractivity contribution in [2.24, 2.45) is 5.92 Å². The SMILES string of the molecule is C[C@H](NS(=O)(=O)c1ccccc1[N+](=O)[O-])C(=O)C[C@@H](Cc1ccc2c(c1)CCC2)C(=O)OC(C)(C)C. The molecule has 36 heavy (non-hydrogen) atoms. The lowest BCUT2D eigenvalue weighted by molar-refractivity contribution is -0.387. The fourth-order valence-electron chi connectivity index (χ4n) is 4.28. The van der Waals surface area contributed by atoms with Gasteiger partial charge in [0.2, 0.25) is 10.0 Å². The number of fused-ring (bicyclic) bond motifs is 1. The Kier molecular flexibility index (Phi) is 8.30. The topological polar surface area (TPSA) is 133 Å². The molecule has 0 saturated carbocycles. The summed E-state index contributed by atoms with van der Waals surface area (Å²) in [6, 6.07) is 9.76. The van der Waals surface area contributed by atoms with Crippen molar-refractivity contribution >= 4 is 27.5 Å². The zero-order valence-corrected chi connectivity index (χ0v) is 21.8. The first-order chi connectivity index (χ1) is 16.8. The first kappa shape index (κ1) is 27.5. The quantitative estimate of drug-likeness (QED) is 0.288. The third-order valence-electron chi connectivity index (χ3n) is 6.00. The second-order valence-corrected chi connectivity index (χ2v) is 11.8. The largest absolute Gasteiger partial charge is 0.460 e. The van der Waals surface area contributed by atoms with Crippen molar-refractivity contribution in [1.82, 2.24) is 4.72 Å². The minimum Gasteiger partial charge on any atom is -0.460 e. The number of benzene rings is 2. The van der Waals surface area contributed by atoms with Gasteiger partial charge in [0.25, 0.3) is 5.69 Å². The molecule has 9 nitrogen and oxygen atoms in total. The number of rotatable bonds is 10. The normalized spacial score (nSPS) is 15.1. The average molecular weight is 517 g/mol. The van der Waals surface area contributed by atoms with E-state index in [1.54, 1.807) is 20.8 Å². The number of hydrogen-bond acceptors (Lipinski definition) is 7. The molecule has 0 saturated heterocycles. The third-order valence-corrected chi connectivity index (χ3v) is 7.59. The Morgan fingerprint density at radius 3 is 2.44 bits per heavy atom. The molecule has 0 unspecified atom stereocenters. The van der Waals surface area contributed by atoms with Crippen LogP contribution in [0.1, 0.15) is 57.2 Å². The maximum absolute atomic E-state index is 13.1. The van der Waals surface area contributed by atoms with E-state index in [9.17, 15) is 28.1 Å². The maximum atomic E-state index is 13.1. The minimum absolute atomic E-state index is 0.243. The molecule has 194 valence electrons. The highest BCUT2D eigenvalue weighted by Crippen LogP contribution is 2.27. The van der Waals surface area contributed by atoms with Crippen molar-refractivity contribution in [1.29, 1.82) is 0 Å². The van der Waals surface area contributed by atoms with Crippen LogP contribution in [0, 0.1) is 16.0 Å². The highest BCUT2D eigenvalue weighted by atomic mass is 32.2. The Bertz CT molecular complexity index is 1270. The number of nitro groups is 1. The standard InChI is InChI=1S/C26H32N2O7S/c1-17(27-36(33,34)24-11-6-5-10-22(24)28(31)32)23(29)16-21(25(30)35-26(2,3)4)15-18-12-13-19-8-7-9-20(19)14-18/h5-6,10-14,17,21,27H,7-9,15-16H2,1-4H3/t17-,21+/m0/s1. The maximum Gasteiger partial charge on any atom is 0.310 e. The third kappa shape index (κ3) is 6.98. The van der Waals surface area contributed by atoms with Gasteiger partial charge < -0.3 is 4.74 Å². The molecule has 3 rings (SSSR count). The van der Waals surface area contributed by atoms with Crippen molar-refractivity contribution < 1.29 is 27.7 Å². The Balaban J connectivity index is 1.78. The number of carbonyl (C=O) groups is 2. The molecule has 10 heteroatoms. The van der Waals surface area contributed by atoms with E-state index in [4.69, 9.17) is 4.74 Å². The van der Waals surface area contributed by atoms with Gasteiger partial charge in [0.15, 0.2) is 10.7 Å². The molecule has 2 atom stereocenters. The summed E-state index contributed by atoms with van der Waals surface area (Å²) in [5.41, 5.74) is 2.10. The summed E-state index contributed by atoms with van der Waals surface area (Å²) in [5, 5.41) is 11.3. The van der Waals surface area contributed by atoms with Gasteiger partial charge in [0.1, 0.15) is 5.60 Å². The molecule has 1 N–H and O–H groups in total. The van der Waals surface area contributed by atoms with Crippen LogP contribution in [0.3, 0.4) is 0 Å². The molecule has 0 radical (unpaired) electrons.